The molecule has 0 atom stereocenters. The highest BCUT2D eigenvalue weighted by molar-refractivity contribution is 5.95. The van der Waals surface area contributed by atoms with E-state index in [9.17, 15) is 19.3 Å². The molecular formula is C12H13FN2O4. The van der Waals surface area contributed by atoms with Crippen molar-refractivity contribution >= 4 is 11.6 Å². The third kappa shape index (κ3) is 2.87. The highest BCUT2D eigenvalue weighted by Crippen LogP contribution is 2.29. The minimum Gasteiger partial charge on any atom is -0.395 e. The molecule has 1 aliphatic rings. The summed E-state index contributed by atoms with van der Waals surface area (Å²) in [6.45, 7) is -0.121. The molecule has 0 radical (unpaired) electrons. The lowest BCUT2D eigenvalue weighted by atomic mass is 10.1. The largest absolute Gasteiger partial charge is 0.395 e. The van der Waals surface area contributed by atoms with Gasteiger partial charge in [0, 0.05) is 24.7 Å². The fraction of sp³-hybridized carbons (Fsp3) is 0.417. The number of non-ortho nitro benzene ring substituents is 1. The summed E-state index contributed by atoms with van der Waals surface area (Å²) in [5.74, 6) is -1.41. The summed E-state index contributed by atoms with van der Waals surface area (Å²) < 4.78 is 13.6. The van der Waals surface area contributed by atoms with Gasteiger partial charge in [0.05, 0.1) is 17.1 Å². The number of nitro benzene ring substituents is 1. The Hall–Kier alpha value is -2.02. The van der Waals surface area contributed by atoms with Gasteiger partial charge in [0.25, 0.3) is 11.6 Å². The Morgan fingerprint density at radius 1 is 1.53 bits per heavy atom. The number of aliphatic hydroxyl groups excluding tert-OH is 1. The Morgan fingerprint density at radius 3 is 2.74 bits per heavy atom. The second kappa shape index (κ2) is 5.31. The molecule has 1 aromatic rings. The molecule has 1 N–H and O–H groups in total. The zero-order chi connectivity index (χ0) is 14.0. The number of nitrogens with zero attached hydrogens (tertiary/aromatic N) is 2. The van der Waals surface area contributed by atoms with Crippen molar-refractivity contribution in [3.05, 3.63) is 39.7 Å². The van der Waals surface area contributed by atoms with Gasteiger partial charge in [0.2, 0.25) is 0 Å². The van der Waals surface area contributed by atoms with Crippen molar-refractivity contribution in [1.29, 1.82) is 0 Å². The molecule has 1 amide bonds. The Bertz CT molecular complexity index is 516. The van der Waals surface area contributed by atoms with E-state index in [0.29, 0.717) is 0 Å². The van der Waals surface area contributed by atoms with E-state index < -0.39 is 16.6 Å². The van der Waals surface area contributed by atoms with Crippen LogP contribution in [0.4, 0.5) is 10.1 Å². The van der Waals surface area contributed by atoms with E-state index in [1.54, 1.807) is 0 Å². The normalized spacial score (nSPS) is 14.2. The molecule has 19 heavy (non-hydrogen) atoms. The van der Waals surface area contributed by atoms with Crippen LogP contribution in [0.1, 0.15) is 23.2 Å². The van der Waals surface area contributed by atoms with Gasteiger partial charge in [-0.2, -0.15) is 0 Å². The van der Waals surface area contributed by atoms with E-state index in [0.717, 1.165) is 31.0 Å². The average molecular weight is 268 g/mol. The topological polar surface area (TPSA) is 83.7 Å². The van der Waals surface area contributed by atoms with E-state index in [1.165, 1.54) is 4.90 Å². The van der Waals surface area contributed by atoms with Gasteiger partial charge in [-0.15, -0.1) is 0 Å². The number of amides is 1. The monoisotopic (exact) mass is 268 g/mol. The zero-order valence-electron chi connectivity index (χ0n) is 10.1. The number of nitro groups is 1. The summed E-state index contributed by atoms with van der Waals surface area (Å²) in [5.41, 5.74) is -0.654. The summed E-state index contributed by atoms with van der Waals surface area (Å²) in [6.07, 6.45) is 1.62. The van der Waals surface area contributed by atoms with Crippen LogP contribution in [0.15, 0.2) is 18.2 Å². The second-order valence-corrected chi connectivity index (χ2v) is 4.37. The van der Waals surface area contributed by atoms with Crippen molar-refractivity contribution in [2.45, 2.75) is 18.9 Å². The molecule has 1 aromatic carbocycles. The van der Waals surface area contributed by atoms with Crippen molar-refractivity contribution in [3.63, 3.8) is 0 Å². The highest BCUT2D eigenvalue weighted by Gasteiger charge is 2.34. The van der Waals surface area contributed by atoms with Crippen LogP contribution in [-0.4, -0.2) is 40.0 Å². The SMILES string of the molecule is O=C(c1cc([N+](=O)[O-])ccc1F)N(CCO)C1CC1. The van der Waals surface area contributed by atoms with Gasteiger partial charge in [0.15, 0.2) is 0 Å². The second-order valence-electron chi connectivity index (χ2n) is 4.37. The zero-order valence-corrected chi connectivity index (χ0v) is 10.1. The van der Waals surface area contributed by atoms with Gasteiger partial charge in [-0.3, -0.25) is 14.9 Å². The number of halogens is 1. The highest BCUT2D eigenvalue weighted by atomic mass is 19.1. The number of rotatable bonds is 5. The maximum Gasteiger partial charge on any atom is 0.270 e. The number of benzene rings is 1. The molecule has 0 saturated heterocycles. The van der Waals surface area contributed by atoms with E-state index in [4.69, 9.17) is 5.11 Å². The van der Waals surface area contributed by atoms with Gasteiger partial charge in [0.1, 0.15) is 5.82 Å². The maximum absolute atomic E-state index is 13.6. The molecule has 1 saturated carbocycles. The van der Waals surface area contributed by atoms with Crippen LogP contribution in [0, 0.1) is 15.9 Å². The van der Waals surface area contributed by atoms with E-state index in [-0.39, 0.29) is 30.4 Å². The van der Waals surface area contributed by atoms with Crippen molar-refractivity contribution < 1.29 is 19.2 Å². The van der Waals surface area contributed by atoms with Gasteiger partial charge in [-0.05, 0) is 18.9 Å². The number of hydrogen-bond donors (Lipinski definition) is 1. The molecule has 0 bridgehead atoms. The first-order chi connectivity index (χ1) is 9.04. The summed E-state index contributed by atoms with van der Waals surface area (Å²) in [4.78, 5) is 23.5. The Morgan fingerprint density at radius 2 is 2.21 bits per heavy atom. The van der Waals surface area contributed by atoms with Crippen LogP contribution < -0.4 is 0 Å². The van der Waals surface area contributed by atoms with Crippen LogP contribution in [0.3, 0.4) is 0 Å². The average Bonchev–Trinajstić information content (AvgIpc) is 3.19. The lowest BCUT2D eigenvalue weighted by Crippen LogP contribution is -2.36. The van der Waals surface area contributed by atoms with Crippen molar-refractivity contribution in [2.75, 3.05) is 13.2 Å². The van der Waals surface area contributed by atoms with E-state index >= 15 is 0 Å². The standard InChI is InChI=1S/C12H13FN2O4/c13-11-4-3-9(15(18)19)7-10(11)12(17)14(5-6-16)8-1-2-8/h3-4,7-8,16H,1-2,5-6H2. The molecule has 0 spiro atoms. The van der Waals surface area contributed by atoms with Crippen LogP contribution in [0.5, 0.6) is 0 Å². The number of carbonyl (C=O) groups excluding carboxylic acids is 1. The molecule has 1 fully saturated rings. The Kier molecular flexibility index (Phi) is 3.75. The minimum atomic E-state index is -0.792. The van der Waals surface area contributed by atoms with E-state index in [1.807, 2.05) is 0 Å². The van der Waals surface area contributed by atoms with Crippen LogP contribution in [0.2, 0.25) is 0 Å². The molecule has 0 aromatic heterocycles. The molecule has 1 aliphatic carbocycles. The van der Waals surface area contributed by atoms with E-state index in [2.05, 4.69) is 0 Å². The third-order valence-electron chi connectivity index (χ3n) is 2.98. The molecule has 6 nitrogen and oxygen atoms in total. The Labute approximate surface area is 108 Å². The summed E-state index contributed by atoms with van der Waals surface area (Å²) in [6, 6.07) is 2.86. The van der Waals surface area contributed by atoms with Gasteiger partial charge < -0.3 is 10.0 Å². The smallest absolute Gasteiger partial charge is 0.270 e. The van der Waals surface area contributed by atoms with Gasteiger partial charge in [-0.1, -0.05) is 0 Å². The lowest BCUT2D eigenvalue weighted by molar-refractivity contribution is -0.384. The van der Waals surface area contributed by atoms with Crippen molar-refractivity contribution in [2.24, 2.45) is 0 Å². The summed E-state index contributed by atoms with van der Waals surface area (Å²) in [7, 11) is 0. The first-order valence-corrected chi connectivity index (χ1v) is 5.90. The molecule has 102 valence electrons. The summed E-state index contributed by atoms with van der Waals surface area (Å²) >= 11 is 0. The molecule has 0 heterocycles. The predicted octanol–water partition coefficient (Wildman–Crippen LogP) is 1.33. The molecule has 0 aliphatic heterocycles. The Balaban J connectivity index is 2.30. The first-order valence-electron chi connectivity index (χ1n) is 5.90. The van der Waals surface area contributed by atoms with Gasteiger partial charge in [-0.25, -0.2) is 4.39 Å². The lowest BCUT2D eigenvalue weighted by Gasteiger charge is -2.21. The van der Waals surface area contributed by atoms with Crippen molar-refractivity contribution in [3.8, 4) is 0 Å². The first kappa shape index (κ1) is 13.4. The number of aliphatic hydroxyl groups is 1. The molecular weight excluding hydrogens is 255 g/mol. The quantitative estimate of drug-likeness (QED) is 0.645. The maximum atomic E-state index is 13.6. The number of hydrogen-bond acceptors (Lipinski definition) is 4. The third-order valence-corrected chi connectivity index (χ3v) is 2.98. The van der Waals surface area contributed by atoms with Crippen LogP contribution >= 0.6 is 0 Å². The predicted molar refractivity (Wildman–Crippen MR) is 64.2 cm³/mol. The van der Waals surface area contributed by atoms with Crippen LogP contribution in [0.25, 0.3) is 0 Å². The molecule has 7 heteroatoms. The number of carbonyl (C=O) groups is 1. The van der Waals surface area contributed by atoms with Crippen molar-refractivity contribution in [1.82, 2.24) is 4.90 Å². The van der Waals surface area contributed by atoms with Gasteiger partial charge >= 0.3 is 0 Å². The fourth-order valence-corrected chi connectivity index (χ4v) is 1.89. The van der Waals surface area contributed by atoms with Crippen LogP contribution in [-0.2, 0) is 0 Å². The fourth-order valence-electron chi connectivity index (χ4n) is 1.89. The molecule has 2 rings (SSSR count). The summed E-state index contributed by atoms with van der Waals surface area (Å²) in [5, 5.41) is 19.6. The molecule has 0 unspecified atom stereocenters. The minimum absolute atomic E-state index is 0.00156.